The van der Waals surface area contributed by atoms with Gasteiger partial charge in [0.1, 0.15) is 0 Å². The number of nitrogens with zero attached hydrogens (tertiary/aromatic N) is 1. The van der Waals surface area contributed by atoms with E-state index in [-0.39, 0.29) is 24.8 Å². The second-order valence-electron chi connectivity index (χ2n) is 6.35. The van der Waals surface area contributed by atoms with Crippen LogP contribution in [0.1, 0.15) is 34.2 Å². The van der Waals surface area contributed by atoms with Gasteiger partial charge in [-0.25, -0.2) is 0 Å². The van der Waals surface area contributed by atoms with Crippen LogP contribution in [0.5, 0.6) is 0 Å². The fourth-order valence-electron chi connectivity index (χ4n) is 3.93. The Morgan fingerprint density at radius 1 is 1.04 bits per heavy atom. The van der Waals surface area contributed by atoms with E-state index in [1.54, 1.807) is 0 Å². The summed E-state index contributed by atoms with van der Waals surface area (Å²) in [4.78, 5) is 2.64. The van der Waals surface area contributed by atoms with Crippen LogP contribution in [0, 0.1) is 0 Å². The van der Waals surface area contributed by atoms with E-state index in [1.165, 1.54) is 22.3 Å². The summed E-state index contributed by atoms with van der Waals surface area (Å²) in [7, 11) is 0. The first-order valence-corrected chi connectivity index (χ1v) is 8.19. The van der Waals surface area contributed by atoms with E-state index in [4.69, 9.17) is 5.73 Å². The van der Waals surface area contributed by atoms with Gasteiger partial charge in [0.15, 0.2) is 0 Å². The number of rotatable bonds is 2. The number of nitrogens with two attached hydrogens (primary N) is 1. The number of hydrogen-bond donors (Lipinski definition) is 2. The fourth-order valence-corrected chi connectivity index (χ4v) is 3.93. The normalized spacial score (nSPS) is 22.5. The summed E-state index contributed by atoms with van der Waals surface area (Å²) < 4.78 is 0. The molecule has 1 fully saturated rings. The van der Waals surface area contributed by atoms with Crippen molar-refractivity contribution in [2.45, 2.75) is 18.5 Å². The highest BCUT2D eigenvalue weighted by molar-refractivity contribution is 5.85. The number of piperazine rings is 1. The van der Waals surface area contributed by atoms with Crippen molar-refractivity contribution in [3.05, 3.63) is 70.8 Å². The molecule has 0 spiro atoms. The average Bonchev–Trinajstić information content (AvgIpc) is 2.61. The van der Waals surface area contributed by atoms with E-state index < -0.39 is 0 Å². The standard InChI is InChI=1S/C19H23N3.2ClH/c20-11-14-6-7-16-17(10-14)19-12-21-8-9-22(19)13-18(16)15-4-2-1-3-5-15;;/h1-7,10,18-19,21H,8-9,11-13,20H2;2*1H. The SMILES string of the molecule is Cl.Cl.NCc1ccc2c(c1)C1CNCCN1CC2c1ccccc1. The Balaban J connectivity index is 0.00000104. The molecule has 1 saturated heterocycles. The molecule has 2 aliphatic heterocycles. The molecule has 24 heavy (non-hydrogen) atoms. The molecule has 3 N–H and O–H groups in total. The maximum absolute atomic E-state index is 5.87. The van der Waals surface area contributed by atoms with E-state index in [1.807, 2.05) is 0 Å². The van der Waals surface area contributed by atoms with Gasteiger partial charge in [0.05, 0.1) is 0 Å². The highest BCUT2D eigenvalue weighted by Gasteiger charge is 2.35. The third-order valence-corrected chi connectivity index (χ3v) is 5.09. The van der Waals surface area contributed by atoms with Gasteiger partial charge in [-0.05, 0) is 22.3 Å². The van der Waals surface area contributed by atoms with Crippen LogP contribution in [0.25, 0.3) is 0 Å². The zero-order chi connectivity index (χ0) is 14.9. The fraction of sp³-hybridized carbons (Fsp3) is 0.368. The molecular formula is C19H25Cl2N3. The smallest absolute Gasteiger partial charge is 0.0476 e. The van der Waals surface area contributed by atoms with Crippen LogP contribution in [0.3, 0.4) is 0 Å². The monoisotopic (exact) mass is 365 g/mol. The minimum atomic E-state index is 0. The first-order chi connectivity index (χ1) is 10.9. The number of nitrogens with one attached hydrogen (secondary N) is 1. The molecule has 4 rings (SSSR count). The third kappa shape index (κ3) is 3.46. The van der Waals surface area contributed by atoms with Crippen molar-refractivity contribution < 1.29 is 0 Å². The average molecular weight is 366 g/mol. The van der Waals surface area contributed by atoms with Crippen molar-refractivity contribution >= 4 is 24.8 Å². The second-order valence-corrected chi connectivity index (χ2v) is 6.35. The Bertz CT molecular complexity index is 663. The molecule has 2 heterocycles. The molecule has 0 saturated carbocycles. The van der Waals surface area contributed by atoms with Crippen LogP contribution < -0.4 is 11.1 Å². The van der Waals surface area contributed by atoms with Crippen molar-refractivity contribution in [1.29, 1.82) is 0 Å². The number of benzene rings is 2. The topological polar surface area (TPSA) is 41.3 Å². The molecule has 2 aliphatic rings. The van der Waals surface area contributed by atoms with Crippen molar-refractivity contribution in [1.82, 2.24) is 10.2 Å². The Kier molecular flexibility index (Phi) is 6.67. The Labute approximate surface area is 156 Å². The van der Waals surface area contributed by atoms with Crippen LogP contribution in [-0.4, -0.2) is 31.1 Å². The minimum absolute atomic E-state index is 0. The molecule has 5 heteroatoms. The summed E-state index contributed by atoms with van der Waals surface area (Å²) in [5.74, 6) is 0.470. The van der Waals surface area contributed by atoms with Crippen LogP contribution in [0.2, 0.25) is 0 Å². The zero-order valence-electron chi connectivity index (χ0n) is 13.7. The summed E-state index contributed by atoms with van der Waals surface area (Å²) in [6.07, 6.45) is 0. The Morgan fingerprint density at radius 2 is 1.83 bits per heavy atom. The van der Waals surface area contributed by atoms with E-state index in [0.717, 1.165) is 26.2 Å². The molecule has 0 bridgehead atoms. The molecule has 2 aromatic carbocycles. The van der Waals surface area contributed by atoms with Crippen molar-refractivity contribution in [3.8, 4) is 0 Å². The summed E-state index contributed by atoms with van der Waals surface area (Å²) >= 11 is 0. The van der Waals surface area contributed by atoms with Gasteiger partial charge >= 0.3 is 0 Å². The first kappa shape index (κ1) is 19.2. The highest BCUT2D eigenvalue weighted by atomic mass is 35.5. The lowest BCUT2D eigenvalue weighted by atomic mass is 9.80. The summed E-state index contributed by atoms with van der Waals surface area (Å²) in [6, 6.07) is 18.2. The molecule has 130 valence electrons. The quantitative estimate of drug-likeness (QED) is 0.858. The molecule has 0 aromatic heterocycles. The van der Waals surface area contributed by atoms with E-state index >= 15 is 0 Å². The zero-order valence-corrected chi connectivity index (χ0v) is 15.3. The summed E-state index contributed by atoms with van der Waals surface area (Å²) in [5, 5.41) is 3.54. The molecular weight excluding hydrogens is 341 g/mol. The molecule has 0 aliphatic carbocycles. The Hall–Kier alpha value is -1.10. The minimum Gasteiger partial charge on any atom is -0.326 e. The van der Waals surface area contributed by atoms with Gasteiger partial charge in [-0.15, -0.1) is 24.8 Å². The molecule has 0 amide bonds. The summed E-state index contributed by atoms with van der Waals surface area (Å²) in [5.41, 5.74) is 11.5. The van der Waals surface area contributed by atoms with Gasteiger partial charge in [-0.3, -0.25) is 4.90 Å². The lowest BCUT2D eigenvalue weighted by Gasteiger charge is -2.44. The molecule has 3 nitrogen and oxygen atoms in total. The van der Waals surface area contributed by atoms with E-state index in [2.05, 4.69) is 58.7 Å². The van der Waals surface area contributed by atoms with Gasteiger partial charge in [-0.1, -0.05) is 48.5 Å². The van der Waals surface area contributed by atoms with Gasteiger partial charge in [0.2, 0.25) is 0 Å². The van der Waals surface area contributed by atoms with Gasteiger partial charge in [0, 0.05) is 44.7 Å². The Morgan fingerprint density at radius 3 is 2.58 bits per heavy atom. The van der Waals surface area contributed by atoms with Crippen molar-refractivity contribution in [2.75, 3.05) is 26.2 Å². The number of halogens is 2. The van der Waals surface area contributed by atoms with Gasteiger partial charge < -0.3 is 11.1 Å². The van der Waals surface area contributed by atoms with Gasteiger partial charge in [-0.2, -0.15) is 0 Å². The first-order valence-electron chi connectivity index (χ1n) is 8.19. The maximum atomic E-state index is 5.87. The van der Waals surface area contributed by atoms with Crippen molar-refractivity contribution in [3.63, 3.8) is 0 Å². The van der Waals surface area contributed by atoms with Crippen LogP contribution >= 0.6 is 24.8 Å². The molecule has 2 unspecified atom stereocenters. The van der Waals surface area contributed by atoms with E-state index in [0.29, 0.717) is 18.5 Å². The van der Waals surface area contributed by atoms with Crippen LogP contribution in [0.15, 0.2) is 48.5 Å². The van der Waals surface area contributed by atoms with Crippen LogP contribution in [-0.2, 0) is 6.54 Å². The summed E-state index contributed by atoms with van der Waals surface area (Å²) in [6.45, 7) is 4.99. The molecule has 0 radical (unpaired) electrons. The molecule has 2 aromatic rings. The maximum Gasteiger partial charge on any atom is 0.0476 e. The third-order valence-electron chi connectivity index (χ3n) is 5.09. The lowest BCUT2D eigenvalue weighted by Crippen LogP contribution is -2.50. The van der Waals surface area contributed by atoms with E-state index in [9.17, 15) is 0 Å². The number of fused-ring (bicyclic) bond motifs is 3. The predicted octanol–water partition coefficient (Wildman–Crippen LogP) is 3.08. The highest BCUT2D eigenvalue weighted by Crippen LogP contribution is 2.40. The lowest BCUT2D eigenvalue weighted by molar-refractivity contribution is 0.143. The number of hydrogen-bond acceptors (Lipinski definition) is 3. The predicted molar refractivity (Wildman–Crippen MR) is 104 cm³/mol. The second kappa shape index (κ2) is 8.32. The van der Waals surface area contributed by atoms with Crippen molar-refractivity contribution in [2.24, 2.45) is 5.73 Å². The van der Waals surface area contributed by atoms with Crippen LogP contribution in [0.4, 0.5) is 0 Å². The molecule has 2 atom stereocenters. The largest absolute Gasteiger partial charge is 0.326 e. The van der Waals surface area contributed by atoms with Gasteiger partial charge in [0.25, 0.3) is 0 Å².